The monoisotopic (exact) mass is 184 g/mol. The standard InChI is InChI=1S/C3H5F5OS/c1-3(9)2-10(4,5,6,7)8/h2,9H,1H3. The van der Waals surface area contributed by atoms with Gasteiger partial charge in [-0.05, 0) is 6.92 Å². The van der Waals surface area contributed by atoms with Gasteiger partial charge in [-0.15, -0.1) is 0 Å². The molecular weight excluding hydrogens is 179 g/mol. The van der Waals surface area contributed by atoms with Crippen molar-refractivity contribution in [3.63, 3.8) is 0 Å². The molecule has 0 unspecified atom stereocenters. The first-order valence-corrected chi connectivity index (χ1v) is 4.03. The Bertz CT molecular complexity index is 170. The molecule has 0 aliphatic carbocycles. The number of hydrogen-bond donors (Lipinski definition) is 1. The minimum Gasteiger partial charge on any atom is -0.512 e. The lowest BCUT2D eigenvalue weighted by atomic mass is 10.7. The van der Waals surface area contributed by atoms with Gasteiger partial charge in [-0.3, -0.25) is 0 Å². The lowest BCUT2D eigenvalue weighted by Gasteiger charge is -2.36. The van der Waals surface area contributed by atoms with Gasteiger partial charge < -0.3 is 5.11 Å². The third kappa shape index (κ3) is 7.54. The maximum absolute atomic E-state index is 11.2. The van der Waals surface area contributed by atoms with E-state index in [0.717, 1.165) is 0 Å². The van der Waals surface area contributed by atoms with Crippen LogP contribution < -0.4 is 0 Å². The molecule has 0 amide bonds. The molecule has 0 heterocycles. The summed E-state index contributed by atoms with van der Waals surface area (Å²) in [6.07, 6.45) is 0. The van der Waals surface area contributed by atoms with E-state index in [2.05, 4.69) is 0 Å². The van der Waals surface area contributed by atoms with Crippen LogP contribution in [0.1, 0.15) is 6.92 Å². The summed E-state index contributed by atoms with van der Waals surface area (Å²) in [6, 6.07) is 0. The lowest BCUT2D eigenvalue weighted by Crippen LogP contribution is -2.00. The number of halogens is 5. The van der Waals surface area contributed by atoms with Crippen LogP contribution in [0.15, 0.2) is 11.2 Å². The summed E-state index contributed by atoms with van der Waals surface area (Å²) in [4.78, 5) is 0. The van der Waals surface area contributed by atoms with E-state index in [4.69, 9.17) is 5.11 Å². The van der Waals surface area contributed by atoms with Crippen LogP contribution in [-0.2, 0) is 0 Å². The molecule has 0 fully saturated rings. The van der Waals surface area contributed by atoms with Crippen molar-refractivity contribution in [2.24, 2.45) is 0 Å². The van der Waals surface area contributed by atoms with Crippen molar-refractivity contribution in [1.82, 2.24) is 0 Å². The molecule has 0 aromatic carbocycles. The SMILES string of the molecule is CC(O)=CS(F)(F)(F)(F)F. The Morgan fingerprint density at radius 3 is 1.50 bits per heavy atom. The fourth-order valence-corrected chi connectivity index (χ4v) is 0.967. The van der Waals surface area contributed by atoms with Crippen molar-refractivity contribution in [2.75, 3.05) is 0 Å². The van der Waals surface area contributed by atoms with Crippen LogP contribution >= 0.6 is 10.2 Å². The van der Waals surface area contributed by atoms with E-state index in [9.17, 15) is 19.4 Å². The van der Waals surface area contributed by atoms with Gasteiger partial charge in [0.15, 0.2) is 0 Å². The number of hydrogen-bond acceptors (Lipinski definition) is 1. The highest BCUT2D eigenvalue weighted by atomic mass is 32.5. The Hall–Kier alpha value is -0.460. The molecule has 0 aromatic heterocycles. The molecule has 0 bridgehead atoms. The molecule has 0 atom stereocenters. The van der Waals surface area contributed by atoms with Crippen molar-refractivity contribution in [3.8, 4) is 0 Å². The lowest BCUT2D eigenvalue weighted by molar-refractivity contribution is 0.372. The van der Waals surface area contributed by atoms with Crippen LogP contribution in [-0.4, -0.2) is 5.11 Å². The van der Waals surface area contributed by atoms with Crippen LogP contribution in [0.2, 0.25) is 0 Å². The summed E-state index contributed by atoms with van der Waals surface area (Å²) in [5, 5.41) is 6.56. The summed E-state index contributed by atoms with van der Waals surface area (Å²) in [6.45, 7) is 0.526. The fourth-order valence-electron chi connectivity index (χ4n) is 0.322. The number of aliphatic hydroxyl groups is 1. The van der Waals surface area contributed by atoms with Gasteiger partial charge in [0.05, 0.1) is 0 Å². The fraction of sp³-hybridized carbons (Fsp3) is 0.333. The Morgan fingerprint density at radius 2 is 1.50 bits per heavy atom. The molecule has 1 N–H and O–H groups in total. The highest BCUT2D eigenvalue weighted by Gasteiger charge is 2.61. The molecule has 0 aromatic rings. The van der Waals surface area contributed by atoms with Crippen LogP contribution in [0.3, 0.4) is 0 Å². The zero-order valence-corrected chi connectivity index (χ0v) is 5.64. The average Bonchev–Trinajstić information content (AvgIpc) is 1.12. The first kappa shape index (κ1) is 9.54. The van der Waals surface area contributed by atoms with Crippen molar-refractivity contribution in [3.05, 3.63) is 11.2 Å². The van der Waals surface area contributed by atoms with Crippen molar-refractivity contribution < 1.29 is 24.5 Å². The minimum absolute atomic E-state index is 0.526. The van der Waals surface area contributed by atoms with Gasteiger partial charge in [-0.2, -0.15) is 0 Å². The molecule has 0 radical (unpaired) electrons. The van der Waals surface area contributed by atoms with E-state index < -0.39 is 21.4 Å². The average molecular weight is 184 g/mol. The van der Waals surface area contributed by atoms with Crippen LogP contribution in [0.4, 0.5) is 19.4 Å². The Labute approximate surface area is 53.9 Å². The van der Waals surface area contributed by atoms with Gasteiger partial charge in [-0.25, -0.2) is 0 Å². The number of rotatable bonds is 1. The predicted molar refractivity (Wildman–Crippen MR) is 29.5 cm³/mol. The predicted octanol–water partition coefficient (Wildman–Crippen LogP) is 3.70. The second-order valence-electron chi connectivity index (χ2n) is 1.79. The second kappa shape index (κ2) is 1.41. The third-order valence-electron chi connectivity index (χ3n) is 0.393. The topological polar surface area (TPSA) is 20.2 Å². The molecule has 0 aliphatic rings. The maximum Gasteiger partial charge on any atom is 0.307 e. The molecule has 7 heteroatoms. The zero-order chi connectivity index (χ0) is 8.69. The first-order valence-electron chi connectivity index (χ1n) is 2.02. The molecule has 64 valence electrons. The third-order valence-corrected chi connectivity index (χ3v) is 1.18. The van der Waals surface area contributed by atoms with Gasteiger partial charge in [0.25, 0.3) is 0 Å². The normalized spacial score (nSPS) is 21.6. The van der Waals surface area contributed by atoms with Gasteiger partial charge in [0, 0.05) is 0 Å². The van der Waals surface area contributed by atoms with E-state index in [1.54, 1.807) is 0 Å². The van der Waals surface area contributed by atoms with Gasteiger partial charge in [-0.1, -0.05) is 19.4 Å². The number of allylic oxidation sites excluding steroid dienone is 1. The summed E-state index contributed by atoms with van der Waals surface area (Å²) < 4.78 is 56.1. The molecule has 0 saturated heterocycles. The van der Waals surface area contributed by atoms with Crippen LogP contribution in [0.25, 0.3) is 0 Å². The summed E-state index contributed by atoms with van der Waals surface area (Å²) in [5.74, 6) is -1.45. The summed E-state index contributed by atoms with van der Waals surface area (Å²) in [7, 11) is -9.51. The second-order valence-corrected chi connectivity index (χ2v) is 4.08. The first-order chi connectivity index (χ1) is 3.89. The highest BCUT2D eigenvalue weighted by molar-refractivity contribution is 8.48. The quantitative estimate of drug-likeness (QED) is 0.486. The molecule has 0 aliphatic heterocycles. The van der Waals surface area contributed by atoms with Crippen LogP contribution in [0, 0.1) is 0 Å². The zero-order valence-electron chi connectivity index (χ0n) is 4.82. The molecule has 0 saturated carbocycles. The molecule has 1 nitrogen and oxygen atoms in total. The van der Waals surface area contributed by atoms with Crippen molar-refractivity contribution in [2.45, 2.75) is 6.92 Å². The molecule has 0 spiro atoms. The van der Waals surface area contributed by atoms with E-state index in [-0.39, 0.29) is 0 Å². The highest BCUT2D eigenvalue weighted by Crippen LogP contribution is 2.99. The van der Waals surface area contributed by atoms with E-state index >= 15 is 0 Å². The minimum atomic E-state index is -9.51. The molecule has 10 heavy (non-hydrogen) atoms. The smallest absolute Gasteiger partial charge is 0.307 e. The summed E-state index contributed by atoms with van der Waals surface area (Å²) in [5.41, 5.74) is 0. The molecular formula is C3H5F5OS. The van der Waals surface area contributed by atoms with Gasteiger partial charge in [0.2, 0.25) is 0 Å². The van der Waals surface area contributed by atoms with Crippen molar-refractivity contribution in [1.29, 1.82) is 0 Å². The van der Waals surface area contributed by atoms with Gasteiger partial charge >= 0.3 is 10.2 Å². The van der Waals surface area contributed by atoms with E-state index in [1.165, 1.54) is 0 Å². The summed E-state index contributed by atoms with van der Waals surface area (Å²) >= 11 is 0. The largest absolute Gasteiger partial charge is 0.512 e. The number of aliphatic hydroxyl groups excluding tert-OH is 1. The van der Waals surface area contributed by atoms with E-state index in [0.29, 0.717) is 6.92 Å². The Kier molecular flexibility index (Phi) is 1.35. The Balaban J connectivity index is 4.96. The Morgan fingerprint density at radius 1 is 1.20 bits per heavy atom. The maximum atomic E-state index is 11.2. The van der Waals surface area contributed by atoms with Crippen molar-refractivity contribution >= 4 is 10.2 Å². The van der Waals surface area contributed by atoms with Crippen LogP contribution in [0.5, 0.6) is 0 Å². The van der Waals surface area contributed by atoms with E-state index in [1.807, 2.05) is 0 Å². The van der Waals surface area contributed by atoms with Gasteiger partial charge in [0.1, 0.15) is 11.2 Å². The molecule has 0 rings (SSSR count).